The van der Waals surface area contributed by atoms with E-state index in [2.05, 4.69) is 22.6 Å². The number of halogens is 1. The number of carbonyl (C=O) groups is 1. The largest absolute Gasteiger partial charge is 0.370 e. The molecule has 1 rings (SSSR count). The van der Waals surface area contributed by atoms with E-state index in [1.54, 1.807) is 7.11 Å². The van der Waals surface area contributed by atoms with Gasteiger partial charge < -0.3 is 4.74 Å². The highest BCUT2D eigenvalue weighted by atomic mass is 127. The standard InChI is InChI=1S/C14H19IO2/c1-4-14(5-2,17-3)13(16)10-11-6-8-12(15)9-7-11/h6-9H,4-5,10H2,1-3H3. The molecule has 0 N–H and O–H groups in total. The third-order valence-corrected chi connectivity index (χ3v) is 4.04. The highest BCUT2D eigenvalue weighted by Crippen LogP contribution is 2.23. The fraction of sp³-hybridized carbons (Fsp3) is 0.500. The maximum atomic E-state index is 12.3. The van der Waals surface area contributed by atoms with E-state index in [9.17, 15) is 4.79 Å². The van der Waals surface area contributed by atoms with Gasteiger partial charge in [0.2, 0.25) is 0 Å². The molecule has 0 heterocycles. The molecule has 2 nitrogen and oxygen atoms in total. The molecule has 3 heteroatoms. The molecule has 0 bridgehead atoms. The average molecular weight is 346 g/mol. The van der Waals surface area contributed by atoms with Crippen molar-refractivity contribution in [2.45, 2.75) is 38.7 Å². The van der Waals surface area contributed by atoms with Crippen molar-refractivity contribution in [1.82, 2.24) is 0 Å². The van der Waals surface area contributed by atoms with Crippen LogP contribution in [0, 0.1) is 3.57 Å². The first-order valence-corrected chi connectivity index (χ1v) is 6.98. The molecule has 1 aromatic carbocycles. The third-order valence-electron chi connectivity index (χ3n) is 3.32. The Morgan fingerprint density at radius 3 is 2.18 bits per heavy atom. The molecule has 0 aliphatic heterocycles. The van der Waals surface area contributed by atoms with Crippen molar-refractivity contribution in [1.29, 1.82) is 0 Å². The van der Waals surface area contributed by atoms with Gasteiger partial charge in [0.05, 0.1) is 0 Å². The van der Waals surface area contributed by atoms with Gasteiger partial charge in [-0.15, -0.1) is 0 Å². The Morgan fingerprint density at radius 2 is 1.76 bits per heavy atom. The molecular formula is C14H19IO2. The lowest BCUT2D eigenvalue weighted by Crippen LogP contribution is -2.40. The molecule has 0 saturated heterocycles. The maximum absolute atomic E-state index is 12.3. The van der Waals surface area contributed by atoms with Crippen LogP contribution in [0.3, 0.4) is 0 Å². The summed E-state index contributed by atoms with van der Waals surface area (Å²) in [6, 6.07) is 8.06. The van der Waals surface area contributed by atoms with Crippen LogP contribution in [-0.4, -0.2) is 18.5 Å². The molecule has 0 saturated carbocycles. The molecule has 1 aromatic rings. The van der Waals surface area contributed by atoms with E-state index in [-0.39, 0.29) is 5.78 Å². The monoisotopic (exact) mass is 346 g/mol. The molecule has 0 unspecified atom stereocenters. The molecule has 0 fully saturated rings. The van der Waals surface area contributed by atoms with Crippen molar-refractivity contribution in [3.8, 4) is 0 Å². The third kappa shape index (κ3) is 3.52. The van der Waals surface area contributed by atoms with Crippen LogP contribution in [-0.2, 0) is 16.0 Å². The molecule has 0 spiro atoms. The first-order chi connectivity index (χ1) is 8.07. The average Bonchev–Trinajstić information content (AvgIpc) is 2.35. The van der Waals surface area contributed by atoms with Crippen molar-refractivity contribution in [2.24, 2.45) is 0 Å². The van der Waals surface area contributed by atoms with Crippen molar-refractivity contribution in [3.63, 3.8) is 0 Å². The second-order valence-corrected chi connectivity index (χ2v) is 5.38. The van der Waals surface area contributed by atoms with E-state index in [1.165, 1.54) is 3.57 Å². The SMILES string of the molecule is CCC(CC)(OC)C(=O)Cc1ccc(I)cc1. The summed E-state index contributed by atoms with van der Waals surface area (Å²) in [5.74, 6) is 0.172. The van der Waals surface area contributed by atoms with Gasteiger partial charge in [0, 0.05) is 17.1 Å². The summed E-state index contributed by atoms with van der Waals surface area (Å²) in [5.41, 5.74) is 0.446. The zero-order valence-electron chi connectivity index (χ0n) is 10.6. The Bertz CT molecular complexity index is 358. The Hall–Kier alpha value is -0.420. The first-order valence-electron chi connectivity index (χ1n) is 5.91. The topological polar surface area (TPSA) is 26.3 Å². The molecule has 0 aromatic heterocycles. The second kappa shape index (κ2) is 6.50. The van der Waals surface area contributed by atoms with Crippen molar-refractivity contribution in [3.05, 3.63) is 33.4 Å². The van der Waals surface area contributed by atoms with E-state index in [1.807, 2.05) is 38.1 Å². The van der Waals surface area contributed by atoms with Crippen LogP contribution in [0.25, 0.3) is 0 Å². The quantitative estimate of drug-likeness (QED) is 0.736. The summed E-state index contributed by atoms with van der Waals surface area (Å²) >= 11 is 2.26. The molecule has 0 amide bonds. The lowest BCUT2D eigenvalue weighted by Gasteiger charge is -2.28. The van der Waals surface area contributed by atoms with Crippen molar-refractivity contribution in [2.75, 3.05) is 7.11 Å². The normalized spacial score (nSPS) is 11.5. The van der Waals surface area contributed by atoms with Crippen LogP contribution in [0.2, 0.25) is 0 Å². The number of hydrogen-bond donors (Lipinski definition) is 0. The summed E-state index contributed by atoms with van der Waals surface area (Å²) in [4.78, 5) is 12.3. The van der Waals surface area contributed by atoms with Crippen LogP contribution in [0.1, 0.15) is 32.3 Å². The van der Waals surface area contributed by atoms with Gasteiger partial charge in [0.25, 0.3) is 0 Å². The molecule has 0 aliphatic carbocycles. The number of ether oxygens (including phenoxy) is 1. The number of Topliss-reactive ketones (excluding diaryl/α,β-unsaturated/α-hetero) is 1. The van der Waals surface area contributed by atoms with Gasteiger partial charge >= 0.3 is 0 Å². The molecule has 0 aliphatic rings. The number of rotatable bonds is 6. The first kappa shape index (κ1) is 14.6. The lowest BCUT2D eigenvalue weighted by atomic mass is 9.88. The van der Waals surface area contributed by atoms with Crippen LogP contribution < -0.4 is 0 Å². The van der Waals surface area contributed by atoms with Crippen molar-refractivity contribution >= 4 is 28.4 Å². The van der Waals surface area contributed by atoms with Crippen LogP contribution >= 0.6 is 22.6 Å². The molecule has 0 radical (unpaired) electrons. The van der Waals surface area contributed by atoms with Gasteiger partial charge in [-0.3, -0.25) is 4.79 Å². The van der Waals surface area contributed by atoms with Crippen LogP contribution in [0.4, 0.5) is 0 Å². The van der Waals surface area contributed by atoms with E-state index >= 15 is 0 Å². The Morgan fingerprint density at radius 1 is 1.24 bits per heavy atom. The zero-order chi connectivity index (χ0) is 12.9. The minimum atomic E-state index is -0.608. The summed E-state index contributed by atoms with van der Waals surface area (Å²) in [5, 5.41) is 0. The van der Waals surface area contributed by atoms with Gasteiger partial charge in [-0.05, 0) is 53.1 Å². The summed E-state index contributed by atoms with van der Waals surface area (Å²) < 4.78 is 6.63. The van der Waals surface area contributed by atoms with Gasteiger partial charge in [-0.25, -0.2) is 0 Å². The van der Waals surface area contributed by atoms with E-state index in [4.69, 9.17) is 4.74 Å². The summed E-state index contributed by atoms with van der Waals surface area (Å²) in [6.45, 7) is 4.00. The Labute approximate surface area is 117 Å². The highest BCUT2D eigenvalue weighted by Gasteiger charge is 2.33. The zero-order valence-corrected chi connectivity index (χ0v) is 12.8. The summed E-state index contributed by atoms with van der Waals surface area (Å²) in [7, 11) is 1.62. The van der Waals surface area contributed by atoms with E-state index in [0.717, 1.165) is 18.4 Å². The number of ketones is 1. The van der Waals surface area contributed by atoms with Crippen LogP contribution in [0.15, 0.2) is 24.3 Å². The molecular weight excluding hydrogens is 327 g/mol. The molecule has 0 atom stereocenters. The number of benzene rings is 1. The van der Waals surface area contributed by atoms with Crippen LogP contribution in [0.5, 0.6) is 0 Å². The maximum Gasteiger partial charge on any atom is 0.168 e. The number of methoxy groups -OCH3 is 1. The van der Waals surface area contributed by atoms with E-state index in [0.29, 0.717) is 6.42 Å². The van der Waals surface area contributed by atoms with Gasteiger partial charge in [0.1, 0.15) is 5.60 Å². The van der Waals surface area contributed by atoms with Crippen molar-refractivity contribution < 1.29 is 9.53 Å². The molecule has 94 valence electrons. The van der Waals surface area contributed by atoms with E-state index < -0.39 is 5.60 Å². The fourth-order valence-electron chi connectivity index (χ4n) is 2.00. The number of hydrogen-bond acceptors (Lipinski definition) is 2. The Balaban J connectivity index is 2.80. The smallest absolute Gasteiger partial charge is 0.168 e. The van der Waals surface area contributed by atoms with Gasteiger partial charge in [-0.2, -0.15) is 0 Å². The number of carbonyl (C=O) groups excluding carboxylic acids is 1. The predicted octanol–water partition coefficient (Wildman–Crippen LogP) is 3.61. The summed E-state index contributed by atoms with van der Waals surface area (Å²) in [6.07, 6.45) is 1.90. The second-order valence-electron chi connectivity index (χ2n) is 4.13. The minimum absolute atomic E-state index is 0.172. The van der Waals surface area contributed by atoms with Gasteiger partial charge in [0.15, 0.2) is 5.78 Å². The predicted molar refractivity (Wildman–Crippen MR) is 78.2 cm³/mol. The minimum Gasteiger partial charge on any atom is -0.370 e. The molecule has 17 heavy (non-hydrogen) atoms. The fourth-order valence-corrected chi connectivity index (χ4v) is 2.36. The Kier molecular flexibility index (Phi) is 5.59. The highest BCUT2D eigenvalue weighted by molar-refractivity contribution is 14.1. The van der Waals surface area contributed by atoms with Gasteiger partial charge in [-0.1, -0.05) is 26.0 Å². The lowest BCUT2D eigenvalue weighted by molar-refractivity contribution is -0.141.